The largest absolute Gasteiger partial charge is 0.469 e. The summed E-state index contributed by atoms with van der Waals surface area (Å²) in [6.45, 7) is 3.87. The van der Waals surface area contributed by atoms with Crippen LogP contribution in [0.25, 0.3) is 0 Å². The smallest absolute Gasteiger partial charge is 0.230 e. The van der Waals surface area contributed by atoms with Gasteiger partial charge in [0.2, 0.25) is 5.91 Å². The van der Waals surface area contributed by atoms with E-state index in [2.05, 4.69) is 15.2 Å². The third kappa shape index (κ3) is 3.33. The van der Waals surface area contributed by atoms with Crippen molar-refractivity contribution in [3.05, 3.63) is 35.3 Å². The number of ether oxygens (including phenoxy) is 1. The minimum atomic E-state index is 0.124. The third-order valence-electron chi connectivity index (χ3n) is 5.39. The summed E-state index contributed by atoms with van der Waals surface area (Å²) in [6, 6.07) is 1.90. The number of furan rings is 1. The molecule has 1 aliphatic carbocycles. The van der Waals surface area contributed by atoms with Crippen molar-refractivity contribution in [3.8, 4) is 0 Å². The topological polar surface area (TPSA) is 84.2 Å². The Bertz CT molecular complexity index is 749. The maximum absolute atomic E-state index is 12.7. The first-order valence-electron chi connectivity index (χ1n) is 8.86. The first kappa shape index (κ1) is 16.3. The Labute approximate surface area is 146 Å². The molecule has 1 saturated carbocycles. The van der Waals surface area contributed by atoms with Crippen molar-refractivity contribution in [1.29, 1.82) is 0 Å². The average molecular weight is 344 g/mol. The lowest BCUT2D eigenvalue weighted by atomic mass is 9.91. The van der Waals surface area contributed by atoms with E-state index in [0.29, 0.717) is 31.4 Å². The number of aromatic nitrogens is 3. The summed E-state index contributed by atoms with van der Waals surface area (Å²) < 4.78 is 10.5. The molecule has 0 bridgehead atoms. The van der Waals surface area contributed by atoms with E-state index in [1.807, 2.05) is 17.9 Å². The quantitative estimate of drug-likeness (QED) is 0.867. The van der Waals surface area contributed by atoms with Crippen molar-refractivity contribution in [2.45, 2.75) is 38.7 Å². The molecule has 134 valence electrons. The molecule has 2 fully saturated rings. The second-order valence-corrected chi connectivity index (χ2v) is 7.18. The van der Waals surface area contributed by atoms with Crippen LogP contribution in [0.5, 0.6) is 0 Å². The fourth-order valence-corrected chi connectivity index (χ4v) is 3.82. The number of methoxy groups -OCH3 is 1. The molecule has 0 aromatic carbocycles. The summed E-state index contributed by atoms with van der Waals surface area (Å²) in [7, 11) is 1.64. The van der Waals surface area contributed by atoms with Crippen LogP contribution in [0.2, 0.25) is 0 Å². The van der Waals surface area contributed by atoms with Crippen molar-refractivity contribution in [2.75, 3.05) is 20.2 Å². The highest BCUT2D eigenvalue weighted by Crippen LogP contribution is 2.47. The first-order chi connectivity index (χ1) is 12.2. The molecule has 1 saturated heterocycles. The second-order valence-electron chi connectivity index (χ2n) is 7.18. The van der Waals surface area contributed by atoms with Gasteiger partial charge in [0.25, 0.3) is 0 Å². The molecule has 7 nitrogen and oxygen atoms in total. The molecule has 0 unspecified atom stereocenters. The van der Waals surface area contributed by atoms with Gasteiger partial charge in [-0.3, -0.25) is 9.89 Å². The Hall–Kier alpha value is -2.15. The number of amides is 1. The molecule has 2 aliphatic rings. The summed E-state index contributed by atoms with van der Waals surface area (Å²) in [5, 5.41) is 7.34. The van der Waals surface area contributed by atoms with Gasteiger partial charge in [-0.2, -0.15) is 5.10 Å². The van der Waals surface area contributed by atoms with Gasteiger partial charge in [-0.25, -0.2) is 4.98 Å². The summed E-state index contributed by atoms with van der Waals surface area (Å²) >= 11 is 0. The Kier molecular flexibility index (Phi) is 4.33. The Morgan fingerprint density at radius 2 is 2.28 bits per heavy atom. The SMILES string of the molecule is COCc1nc([C@H]2CN(C(=O)Cc3occc3C)C[C@@H]2C2CC2)n[nH]1. The number of nitrogens with one attached hydrogen (secondary N) is 1. The van der Waals surface area contributed by atoms with Crippen molar-refractivity contribution in [3.63, 3.8) is 0 Å². The van der Waals surface area contributed by atoms with E-state index in [9.17, 15) is 4.79 Å². The number of aromatic amines is 1. The molecule has 1 aliphatic heterocycles. The van der Waals surface area contributed by atoms with E-state index in [0.717, 1.165) is 29.5 Å². The fourth-order valence-electron chi connectivity index (χ4n) is 3.82. The number of hydrogen-bond donors (Lipinski definition) is 1. The highest BCUT2D eigenvalue weighted by Gasteiger charge is 2.45. The number of rotatable bonds is 6. The molecule has 1 amide bonds. The van der Waals surface area contributed by atoms with Gasteiger partial charge in [0.15, 0.2) is 11.6 Å². The van der Waals surface area contributed by atoms with Crippen LogP contribution in [-0.4, -0.2) is 46.2 Å². The van der Waals surface area contributed by atoms with Gasteiger partial charge >= 0.3 is 0 Å². The molecule has 0 spiro atoms. The lowest BCUT2D eigenvalue weighted by Gasteiger charge is -2.15. The zero-order valence-electron chi connectivity index (χ0n) is 14.7. The van der Waals surface area contributed by atoms with Gasteiger partial charge in [0.05, 0.1) is 12.7 Å². The molecule has 25 heavy (non-hydrogen) atoms. The van der Waals surface area contributed by atoms with Gasteiger partial charge in [0, 0.05) is 26.1 Å². The molecular weight excluding hydrogens is 320 g/mol. The number of hydrogen-bond acceptors (Lipinski definition) is 5. The molecule has 2 atom stereocenters. The normalized spacial score (nSPS) is 23.4. The number of carbonyl (C=O) groups excluding carboxylic acids is 1. The maximum Gasteiger partial charge on any atom is 0.230 e. The number of carbonyl (C=O) groups is 1. The van der Waals surface area contributed by atoms with Gasteiger partial charge < -0.3 is 14.1 Å². The van der Waals surface area contributed by atoms with Gasteiger partial charge in [-0.1, -0.05) is 0 Å². The van der Waals surface area contributed by atoms with Crippen LogP contribution in [0.3, 0.4) is 0 Å². The standard InChI is InChI=1S/C18H24N4O3/c1-11-5-6-25-15(11)7-17(23)22-8-13(12-3-4-12)14(9-22)18-19-16(10-24-2)20-21-18/h5-6,12-14H,3-4,7-10H2,1-2H3,(H,19,20,21)/t13-,14+/m1/s1. The van der Waals surface area contributed by atoms with Crippen LogP contribution in [-0.2, 0) is 22.6 Å². The summed E-state index contributed by atoms with van der Waals surface area (Å²) in [5.41, 5.74) is 1.03. The average Bonchev–Trinajstić information content (AvgIpc) is 2.99. The number of nitrogens with zero attached hydrogens (tertiary/aromatic N) is 3. The highest BCUT2D eigenvalue weighted by atomic mass is 16.5. The maximum atomic E-state index is 12.7. The molecule has 4 rings (SSSR count). The lowest BCUT2D eigenvalue weighted by molar-refractivity contribution is -0.129. The van der Waals surface area contributed by atoms with E-state index in [4.69, 9.17) is 9.15 Å². The molecule has 2 aromatic rings. The number of likely N-dealkylation sites (tertiary alicyclic amines) is 1. The lowest BCUT2D eigenvalue weighted by Crippen LogP contribution is -2.30. The third-order valence-corrected chi connectivity index (χ3v) is 5.39. The predicted molar refractivity (Wildman–Crippen MR) is 89.8 cm³/mol. The molecular formula is C18H24N4O3. The van der Waals surface area contributed by atoms with Crippen LogP contribution in [0, 0.1) is 18.8 Å². The predicted octanol–water partition coefficient (Wildman–Crippen LogP) is 2.05. The summed E-state index contributed by atoms with van der Waals surface area (Å²) in [5.74, 6) is 3.79. The second kappa shape index (κ2) is 6.63. The Morgan fingerprint density at radius 3 is 2.96 bits per heavy atom. The highest BCUT2D eigenvalue weighted by molar-refractivity contribution is 5.79. The fraction of sp³-hybridized carbons (Fsp3) is 0.611. The molecule has 2 aromatic heterocycles. The molecule has 3 heterocycles. The molecule has 7 heteroatoms. The zero-order valence-corrected chi connectivity index (χ0v) is 14.7. The minimum absolute atomic E-state index is 0.124. The zero-order chi connectivity index (χ0) is 17.4. The van der Waals surface area contributed by atoms with E-state index in [1.165, 1.54) is 12.8 Å². The van der Waals surface area contributed by atoms with Crippen molar-refractivity contribution in [2.24, 2.45) is 11.8 Å². The van der Waals surface area contributed by atoms with E-state index in [-0.39, 0.29) is 11.8 Å². The molecule has 1 N–H and O–H groups in total. The van der Waals surface area contributed by atoms with Crippen molar-refractivity contribution in [1.82, 2.24) is 20.1 Å². The van der Waals surface area contributed by atoms with Crippen LogP contribution in [0.15, 0.2) is 16.7 Å². The Balaban J connectivity index is 1.48. The summed E-state index contributed by atoms with van der Waals surface area (Å²) in [4.78, 5) is 19.3. The molecule has 0 radical (unpaired) electrons. The number of H-pyrrole nitrogens is 1. The Morgan fingerprint density at radius 1 is 1.44 bits per heavy atom. The number of aryl methyl sites for hydroxylation is 1. The van der Waals surface area contributed by atoms with Crippen LogP contribution < -0.4 is 0 Å². The van der Waals surface area contributed by atoms with Gasteiger partial charge in [-0.05, 0) is 43.2 Å². The van der Waals surface area contributed by atoms with Gasteiger partial charge in [0.1, 0.15) is 12.4 Å². The van der Waals surface area contributed by atoms with Crippen molar-refractivity contribution >= 4 is 5.91 Å². The van der Waals surface area contributed by atoms with Crippen LogP contribution >= 0.6 is 0 Å². The van der Waals surface area contributed by atoms with E-state index < -0.39 is 0 Å². The monoisotopic (exact) mass is 344 g/mol. The van der Waals surface area contributed by atoms with Crippen LogP contribution in [0.4, 0.5) is 0 Å². The summed E-state index contributed by atoms with van der Waals surface area (Å²) in [6.07, 6.45) is 4.46. The van der Waals surface area contributed by atoms with Gasteiger partial charge in [-0.15, -0.1) is 0 Å². The van der Waals surface area contributed by atoms with Crippen molar-refractivity contribution < 1.29 is 13.9 Å². The van der Waals surface area contributed by atoms with Crippen LogP contribution in [0.1, 0.15) is 41.7 Å². The van der Waals surface area contributed by atoms with E-state index in [1.54, 1.807) is 13.4 Å². The minimum Gasteiger partial charge on any atom is -0.469 e. The first-order valence-corrected chi connectivity index (χ1v) is 8.86. The van der Waals surface area contributed by atoms with E-state index >= 15 is 0 Å².